The van der Waals surface area contributed by atoms with Crippen LogP contribution in [0.4, 0.5) is 34.1 Å². The first-order valence-corrected chi connectivity index (χ1v) is 23.3. The van der Waals surface area contributed by atoms with Crippen molar-refractivity contribution in [2.24, 2.45) is 0 Å². The largest absolute Gasteiger partial charge is 0.456 e. The van der Waals surface area contributed by atoms with E-state index in [-0.39, 0.29) is 0 Å². The first-order chi connectivity index (χ1) is 32.9. The second kappa shape index (κ2) is 15.1. The minimum Gasteiger partial charge on any atom is -0.456 e. The van der Waals surface area contributed by atoms with Crippen LogP contribution in [-0.2, 0) is 0 Å². The van der Waals surface area contributed by atoms with Gasteiger partial charge in [-0.15, -0.1) is 0 Å². The summed E-state index contributed by atoms with van der Waals surface area (Å²) in [6.07, 6.45) is 0. The first-order valence-electron chi connectivity index (χ1n) is 23.3. The molecule has 322 valence electrons. The summed E-state index contributed by atoms with van der Waals surface area (Å²) in [7, 11) is 0. The minimum absolute atomic E-state index is 0.336. The van der Waals surface area contributed by atoms with E-state index in [2.05, 4.69) is 232 Å². The molecule has 0 aliphatic rings. The van der Waals surface area contributed by atoms with Gasteiger partial charge in [0.1, 0.15) is 22.3 Å². The van der Waals surface area contributed by atoms with Crippen LogP contribution in [0.5, 0.6) is 0 Å². The molecular weight excluding hydrogens is 821 g/mol. The van der Waals surface area contributed by atoms with E-state index in [9.17, 15) is 0 Å². The smallest absolute Gasteiger partial charge is 0.159 e. The average Bonchev–Trinajstić information content (AvgIpc) is 4.05. The predicted molar refractivity (Wildman–Crippen MR) is 281 cm³/mol. The number of hydrogen-bond donors (Lipinski definition) is 0. The van der Waals surface area contributed by atoms with Crippen LogP contribution < -0.4 is 9.80 Å². The molecule has 0 atom stereocenters. The van der Waals surface area contributed by atoms with Crippen LogP contribution in [-0.4, -0.2) is 0 Å². The number of anilines is 6. The lowest BCUT2D eigenvalue weighted by Gasteiger charge is -2.25. The maximum absolute atomic E-state index is 6.85. The van der Waals surface area contributed by atoms with Gasteiger partial charge in [0.05, 0.1) is 11.4 Å². The van der Waals surface area contributed by atoms with Crippen molar-refractivity contribution in [3.05, 3.63) is 205 Å². The van der Waals surface area contributed by atoms with Gasteiger partial charge >= 0.3 is 0 Å². The van der Waals surface area contributed by atoms with E-state index >= 15 is 0 Å². The molecule has 5 heteroatoms. The van der Waals surface area contributed by atoms with E-state index in [1.807, 2.05) is 0 Å². The third-order valence-corrected chi connectivity index (χ3v) is 13.7. The molecule has 0 amide bonds. The molecule has 67 heavy (non-hydrogen) atoms. The second-order valence-electron chi connectivity index (χ2n) is 18.5. The van der Waals surface area contributed by atoms with E-state index < -0.39 is 0 Å². The summed E-state index contributed by atoms with van der Waals surface area (Å²) in [6.45, 7) is 8.89. The molecule has 0 spiro atoms. The van der Waals surface area contributed by atoms with Gasteiger partial charge in [-0.25, -0.2) is 0 Å². The van der Waals surface area contributed by atoms with Gasteiger partial charge in [0.25, 0.3) is 0 Å². The van der Waals surface area contributed by atoms with Crippen LogP contribution in [0, 0.1) is 0 Å². The van der Waals surface area contributed by atoms with Crippen LogP contribution in [0.1, 0.15) is 50.7 Å². The Morgan fingerprint density at radius 3 is 1.12 bits per heavy atom. The highest BCUT2D eigenvalue weighted by Crippen LogP contribution is 2.47. The highest BCUT2D eigenvalue weighted by Gasteiger charge is 2.24. The Bertz CT molecular complexity index is 3800. The Morgan fingerprint density at radius 1 is 0.299 bits per heavy atom. The van der Waals surface area contributed by atoms with Crippen molar-refractivity contribution in [3.63, 3.8) is 0 Å². The fraction of sp³-hybridized carbons (Fsp3) is 0.0968. The summed E-state index contributed by atoms with van der Waals surface area (Å²) in [6, 6.07) is 69.4. The van der Waals surface area contributed by atoms with Gasteiger partial charge in [-0.3, -0.25) is 0 Å². The van der Waals surface area contributed by atoms with E-state index in [4.69, 9.17) is 13.3 Å². The molecular formula is C62H46N2O3. The van der Waals surface area contributed by atoms with Crippen LogP contribution >= 0.6 is 0 Å². The predicted octanol–water partition coefficient (Wildman–Crippen LogP) is 18.9. The van der Waals surface area contributed by atoms with Crippen LogP contribution in [0.25, 0.3) is 87.4 Å². The van der Waals surface area contributed by atoms with Crippen LogP contribution in [0.2, 0.25) is 0 Å². The number of furan rings is 3. The number of nitrogens with zero attached hydrogens (tertiary/aromatic N) is 2. The molecule has 0 bridgehead atoms. The molecule has 0 radical (unpaired) electrons. The van der Waals surface area contributed by atoms with Gasteiger partial charge in [-0.1, -0.05) is 137 Å². The Hall–Kier alpha value is -8.28. The van der Waals surface area contributed by atoms with Gasteiger partial charge in [-0.05, 0) is 129 Å². The SMILES string of the molecule is CC(C)c1cccc2c1oc1c(N(c3ccccc3)c3ccc4cc5c(cc4c3)oc3cc4cc(N(c6ccccc6)c6cccc7c6oc6c(C(C)C)cccc67)ccc4cc35)cccc12. The summed E-state index contributed by atoms with van der Waals surface area (Å²) in [5.41, 5.74) is 13.9. The summed E-state index contributed by atoms with van der Waals surface area (Å²) in [4.78, 5) is 4.62. The molecule has 0 N–H and O–H groups in total. The topological polar surface area (TPSA) is 45.9 Å². The third kappa shape index (κ3) is 6.22. The Labute approximate surface area is 387 Å². The highest BCUT2D eigenvalue weighted by atomic mass is 16.3. The normalized spacial score (nSPS) is 12.1. The van der Waals surface area contributed by atoms with Gasteiger partial charge < -0.3 is 23.1 Å². The van der Waals surface area contributed by atoms with Crippen LogP contribution in [0.15, 0.2) is 207 Å². The van der Waals surface area contributed by atoms with Crippen molar-refractivity contribution >= 4 is 121 Å². The summed E-state index contributed by atoms with van der Waals surface area (Å²) in [5.74, 6) is 0.672. The zero-order valence-electron chi connectivity index (χ0n) is 37.7. The molecule has 13 rings (SSSR count). The van der Waals surface area contributed by atoms with Crippen molar-refractivity contribution in [2.45, 2.75) is 39.5 Å². The van der Waals surface area contributed by atoms with E-state index in [0.29, 0.717) is 11.8 Å². The average molecular weight is 867 g/mol. The molecule has 0 fully saturated rings. The van der Waals surface area contributed by atoms with E-state index in [0.717, 1.165) is 121 Å². The fourth-order valence-electron chi connectivity index (χ4n) is 10.4. The maximum atomic E-state index is 6.85. The van der Waals surface area contributed by atoms with Crippen molar-refractivity contribution < 1.29 is 13.3 Å². The van der Waals surface area contributed by atoms with Gasteiger partial charge in [0.2, 0.25) is 0 Å². The van der Waals surface area contributed by atoms with Gasteiger partial charge in [-0.2, -0.15) is 0 Å². The van der Waals surface area contributed by atoms with Crippen molar-refractivity contribution in [1.82, 2.24) is 0 Å². The van der Waals surface area contributed by atoms with Gasteiger partial charge in [0, 0.05) is 55.1 Å². The number of rotatable bonds is 8. The molecule has 3 aromatic heterocycles. The Balaban J connectivity index is 0.933. The molecule has 0 aliphatic carbocycles. The fourth-order valence-corrected chi connectivity index (χ4v) is 10.4. The highest BCUT2D eigenvalue weighted by molar-refractivity contribution is 6.16. The van der Waals surface area contributed by atoms with Crippen molar-refractivity contribution in [3.8, 4) is 0 Å². The number of fused-ring (bicyclic) bond motifs is 11. The maximum Gasteiger partial charge on any atom is 0.159 e. The van der Waals surface area contributed by atoms with Crippen molar-refractivity contribution in [2.75, 3.05) is 9.80 Å². The van der Waals surface area contributed by atoms with E-state index in [1.165, 1.54) is 11.1 Å². The summed E-state index contributed by atoms with van der Waals surface area (Å²) in [5, 5.41) is 11.2. The molecule has 0 unspecified atom stereocenters. The second-order valence-corrected chi connectivity index (χ2v) is 18.5. The lowest BCUT2D eigenvalue weighted by atomic mass is 10.00. The molecule has 0 saturated carbocycles. The van der Waals surface area contributed by atoms with Crippen LogP contribution in [0.3, 0.4) is 0 Å². The zero-order chi connectivity index (χ0) is 44.9. The Kier molecular flexibility index (Phi) is 8.84. The van der Waals surface area contributed by atoms with Crippen molar-refractivity contribution in [1.29, 1.82) is 0 Å². The quantitative estimate of drug-likeness (QED) is 0.152. The molecule has 5 nitrogen and oxygen atoms in total. The Morgan fingerprint density at radius 2 is 0.701 bits per heavy atom. The number of benzene rings is 10. The molecule has 0 aliphatic heterocycles. The standard InChI is InChI=1S/C62H46N2O3/c1-37(2)47-19-11-21-49-51-23-13-25-55(61(51)66-59(47)49)63(43-15-7-5-8-16-43)45-29-27-39-33-53-54-34-40-28-30-46(32-42(40)36-58(54)65-57(53)35-41(39)31-45)64(44-17-9-6-10-18-44)56-26-14-24-52-50-22-12-20-48(38(3)4)60(50)67-62(52)56/h5-38H,1-4H3. The molecule has 0 saturated heterocycles. The molecule has 10 aromatic carbocycles. The van der Waals surface area contributed by atoms with E-state index in [1.54, 1.807) is 0 Å². The lowest BCUT2D eigenvalue weighted by molar-refractivity contribution is 0.657. The number of hydrogen-bond acceptors (Lipinski definition) is 5. The molecule has 3 heterocycles. The summed E-state index contributed by atoms with van der Waals surface area (Å²) >= 11 is 0. The number of para-hydroxylation sites is 6. The first kappa shape index (κ1) is 39.1. The summed E-state index contributed by atoms with van der Waals surface area (Å²) < 4.78 is 20.5. The molecule has 13 aromatic rings. The lowest BCUT2D eigenvalue weighted by Crippen LogP contribution is -2.10. The zero-order valence-corrected chi connectivity index (χ0v) is 37.7. The minimum atomic E-state index is 0.336. The van der Waals surface area contributed by atoms with Gasteiger partial charge in [0.15, 0.2) is 11.2 Å². The third-order valence-electron chi connectivity index (χ3n) is 13.7. The monoisotopic (exact) mass is 866 g/mol.